The number of carboxylic acids is 1. The van der Waals surface area contributed by atoms with E-state index in [9.17, 15) is 9.59 Å². The zero-order valence-electron chi connectivity index (χ0n) is 11.4. The van der Waals surface area contributed by atoms with Crippen LogP contribution in [0.4, 0.5) is 4.79 Å². The Hall–Kier alpha value is -1.26. The maximum atomic E-state index is 12.3. The van der Waals surface area contributed by atoms with Gasteiger partial charge in [-0.1, -0.05) is 13.8 Å². The highest BCUT2D eigenvalue weighted by Crippen LogP contribution is 2.20. The SMILES string of the molecule is CCCN(CCC)C(=O)N1CCC(CC(=O)O)C1. The fourth-order valence-corrected chi connectivity index (χ4v) is 2.46. The smallest absolute Gasteiger partial charge is 0.320 e. The maximum absolute atomic E-state index is 12.3. The second-order valence-corrected chi connectivity index (χ2v) is 4.97. The normalized spacial score (nSPS) is 19.0. The van der Waals surface area contributed by atoms with Gasteiger partial charge in [0.05, 0.1) is 0 Å². The van der Waals surface area contributed by atoms with Crippen LogP contribution in [0.15, 0.2) is 0 Å². The van der Waals surface area contributed by atoms with Gasteiger partial charge in [-0.25, -0.2) is 4.79 Å². The van der Waals surface area contributed by atoms with Gasteiger partial charge in [0.25, 0.3) is 0 Å². The minimum absolute atomic E-state index is 0.0755. The molecular weight excluding hydrogens is 232 g/mol. The van der Waals surface area contributed by atoms with Crippen LogP contribution in [0.25, 0.3) is 0 Å². The van der Waals surface area contributed by atoms with Crippen molar-refractivity contribution in [2.45, 2.75) is 39.5 Å². The summed E-state index contributed by atoms with van der Waals surface area (Å²) in [6.07, 6.45) is 2.89. The monoisotopic (exact) mass is 256 g/mol. The van der Waals surface area contributed by atoms with Gasteiger partial charge in [-0.15, -0.1) is 0 Å². The summed E-state index contributed by atoms with van der Waals surface area (Å²) >= 11 is 0. The van der Waals surface area contributed by atoms with Crippen molar-refractivity contribution in [1.29, 1.82) is 0 Å². The number of likely N-dealkylation sites (tertiary alicyclic amines) is 1. The van der Waals surface area contributed by atoms with Gasteiger partial charge in [0.15, 0.2) is 0 Å². The number of nitrogens with zero attached hydrogens (tertiary/aromatic N) is 2. The van der Waals surface area contributed by atoms with E-state index in [1.807, 2.05) is 4.90 Å². The van der Waals surface area contributed by atoms with E-state index in [0.29, 0.717) is 13.1 Å². The minimum Gasteiger partial charge on any atom is -0.481 e. The van der Waals surface area contributed by atoms with Crippen LogP contribution in [-0.4, -0.2) is 53.1 Å². The molecule has 1 saturated heterocycles. The lowest BCUT2D eigenvalue weighted by atomic mass is 10.1. The number of urea groups is 1. The summed E-state index contributed by atoms with van der Waals surface area (Å²) in [4.78, 5) is 26.6. The molecule has 0 spiro atoms. The van der Waals surface area contributed by atoms with Gasteiger partial charge >= 0.3 is 12.0 Å². The molecule has 0 radical (unpaired) electrons. The van der Waals surface area contributed by atoms with Crippen LogP contribution in [0.1, 0.15) is 39.5 Å². The van der Waals surface area contributed by atoms with E-state index in [4.69, 9.17) is 5.11 Å². The van der Waals surface area contributed by atoms with E-state index in [0.717, 1.165) is 32.4 Å². The highest BCUT2D eigenvalue weighted by atomic mass is 16.4. The summed E-state index contributed by atoms with van der Waals surface area (Å²) in [5.74, 6) is -0.648. The molecular formula is C13H24N2O3. The lowest BCUT2D eigenvalue weighted by molar-refractivity contribution is -0.138. The van der Waals surface area contributed by atoms with E-state index in [2.05, 4.69) is 13.8 Å². The van der Waals surface area contributed by atoms with Gasteiger partial charge in [-0.05, 0) is 25.2 Å². The molecule has 0 saturated carbocycles. The standard InChI is InChI=1S/C13H24N2O3/c1-3-6-14(7-4-2)13(18)15-8-5-11(10-15)9-12(16)17/h11H,3-10H2,1-2H3,(H,16,17). The molecule has 2 amide bonds. The van der Waals surface area contributed by atoms with E-state index in [1.165, 1.54) is 0 Å². The molecule has 1 atom stereocenters. The average molecular weight is 256 g/mol. The van der Waals surface area contributed by atoms with E-state index in [-0.39, 0.29) is 18.4 Å². The van der Waals surface area contributed by atoms with E-state index >= 15 is 0 Å². The number of carboxylic acid groups (broad SMARTS) is 1. The van der Waals surface area contributed by atoms with Gasteiger partial charge in [-0.3, -0.25) is 4.79 Å². The zero-order valence-corrected chi connectivity index (χ0v) is 11.4. The van der Waals surface area contributed by atoms with Crippen molar-refractivity contribution in [2.75, 3.05) is 26.2 Å². The Labute approximate surface area is 109 Å². The Morgan fingerprint density at radius 1 is 1.28 bits per heavy atom. The summed E-state index contributed by atoms with van der Waals surface area (Å²) in [6, 6.07) is 0.0755. The summed E-state index contributed by atoms with van der Waals surface area (Å²) in [5, 5.41) is 8.76. The molecule has 1 unspecified atom stereocenters. The highest BCUT2D eigenvalue weighted by molar-refractivity contribution is 5.75. The Morgan fingerprint density at radius 3 is 2.39 bits per heavy atom. The number of carbonyl (C=O) groups excluding carboxylic acids is 1. The van der Waals surface area contributed by atoms with Gasteiger partial charge in [0.1, 0.15) is 0 Å². The first-order valence-corrected chi connectivity index (χ1v) is 6.84. The maximum Gasteiger partial charge on any atom is 0.320 e. The molecule has 1 heterocycles. The molecule has 5 nitrogen and oxygen atoms in total. The largest absolute Gasteiger partial charge is 0.481 e. The third kappa shape index (κ3) is 4.20. The summed E-state index contributed by atoms with van der Waals surface area (Å²) in [7, 11) is 0. The predicted molar refractivity (Wildman–Crippen MR) is 69.5 cm³/mol. The number of rotatable bonds is 6. The van der Waals surface area contributed by atoms with Crippen LogP contribution in [0.3, 0.4) is 0 Å². The average Bonchev–Trinajstić information content (AvgIpc) is 2.75. The molecule has 0 aromatic heterocycles. The van der Waals surface area contributed by atoms with Crippen molar-refractivity contribution in [2.24, 2.45) is 5.92 Å². The summed E-state index contributed by atoms with van der Waals surface area (Å²) in [6.45, 7) is 6.98. The van der Waals surface area contributed by atoms with Gasteiger partial charge in [0.2, 0.25) is 0 Å². The Bertz CT molecular complexity index is 288. The van der Waals surface area contributed by atoms with Gasteiger partial charge in [0, 0.05) is 32.6 Å². The van der Waals surface area contributed by atoms with Gasteiger partial charge < -0.3 is 14.9 Å². The molecule has 1 aliphatic rings. The third-order valence-electron chi connectivity index (χ3n) is 3.28. The molecule has 1 fully saturated rings. The minimum atomic E-state index is -0.770. The number of hydrogen-bond acceptors (Lipinski definition) is 2. The molecule has 0 aliphatic carbocycles. The molecule has 0 bridgehead atoms. The first-order chi connectivity index (χ1) is 8.58. The molecule has 104 valence electrons. The van der Waals surface area contributed by atoms with Crippen molar-refractivity contribution in [1.82, 2.24) is 9.80 Å². The molecule has 1 N–H and O–H groups in total. The molecule has 1 rings (SSSR count). The third-order valence-corrected chi connectivity index (χ3v) is 3.28. The van der Waals surface area contributed by atoms with Crippen LogP contribution in [0.5, 0.6) is 0 Å². The van der Waals surface area contributed by atoms with E-state index < -0.39 is 5.97 Å². The van der Waals surface area contributed by atoms with Crippen molar-refractivity contribution in [3.8, 4) is 0 Å². The molecule has 1 aliphatic heterocycles. The Morgan fingerprint density at radius 2 is 1.89 bits per heavy atom. The Balaban J connectivity index is 2.48. The van der Waals surface area contributed by atoms with Crippen LogP contribution in [-0.2, 0) is 4.79 Å². The zero-order chi connectivity index (χ0) is 13.5. The number of aliphatic carboxylic acids is 1. The van der Waals surface area contributed by atoms with Crippen LogP contribution in [0, 0.1) is 5.92 Å². The molecule has 18 heavy (non-hydrogen) atoms. The summed E-state index contributed by atoms with van der Waals surface area (Å²) in [5.41, 5.74) is 0. The topological polar surface area (TPSA) is 60.9 Å². The van der Waals surface area contributed by atoms with Crippen LogP contribution < -0.4 is 0 Å². The fraction of sp³-hybridized carbons (Fsp3) is 0.846. The van der Waals surface area contributed by atoms with Crippen molar-refractivity contribution in [3.05, 3.63) is 0 Å². The number of amides is 2. The van der Waals surface area contributed by atoms with Gasteiger partial charge in [-0.2, -0.15) is 0 Å². The molecule has 0 aromatic carbocycles. The lowest BCUT2D eigenvalue weighted by Crippen LogP contribution is -2.42. The Kier molecular flexibility index (Phi) is 5.95. The van der Waals surface area contributed by atoms with Crippen molar-refractivity contribution < 1.29 is 14.7 Å². The number of hydrogen-bond donors (Lipinski definition) is 1. The first-order valence-electron chi connectivity index (χ1n) is 6.84. The molecule has 5 heteroatoms. The first kappa shape index (κ1) is 14.8. The lowest BCUT2D eigenvalue weighted by Gasteiger charge is -2.27. The van der Waals surface area contributed by atoms with Crippen molar-refractivity contribution in [3.63, 3.8) is 0 Å². The number of carbonyl (C=O) groups is 2. The predicted octanol–water partition coefficient (Wildman–Crippen LogP) is 2.03. The van der Waals surface area contributed by atoms with Crippen LogP contribution >= 0.6 is 0 Å². The van der Waals surface area contributed by atoms with Crippen molar-refractivity contribution >= 4 is 12.0 Å². The quantitative estimate of drug-likeness (QED) is 0.791. The summed E-state index contributed by atoms with van der Waals surface area (Å²) < 4.78 is 0. The fourth-order valence-electron chi connectivity index (χ4n) is 2.46. The van der Waals surface area contributed by atoms with Crippen LogP contribution in [0.2, 0.25) is 0 Å². The second-order valence-electron chi connectivity index (χ2n) is 4.97. The molecule has 0 aromatic rings. The highest BCUT2D eigenvalue weighted by Gasteiger charge is 2.29. The van der Waals surface area contributed by atoms with E-state index in [1.54, 1.807) is 4.90 Å². The second kappa shape index (κ2) is 7.24.